The van der Waals surface area contributed by atoms with Gasteiger partial charge in [0.25, 0.3) is 0 Å². The summed E-state index contributed by atoms with van der Waals surface area (Å²) in [5.74, 6) is 0.953. The Hall–Kier alpha value is -2.03. The van der Waals surface area contributed by atoms with Gasteiger partial charge in [0.1, 0.15) is 5.75 Å². The van der Waals surface area contributed by atoms with Crippen molar-refractivity contribution < 1.29 is 4.74 Å². The van der Waals surface area contributed by atoms with Gasteiger partial charge in [-0.25, -0.2) is 0 Å². The molecule has 126 valence electrons. The van der Waals surface area contributed by atoms with E-state index in [9.17, 15) is 0 Å². The summed E-state index contributed by atoms with van der Waals surface area (Å²) >= 11 is 0. The molecule has 0 saturated carbocycles. The fraction of sp³-hybridized carbons (Fsp3) is 0.238. The van der Waals surface area contributed by atoms with Crippen LogP contribution in [0.3, 0.4) is 0 Å². The zero-order valence-corrected chi connectivity index (χ0v) is 15.0. The summed E-state index contributed by atoms with van der Waals surface area (Å²) in [7, 11) is 2.00. The lowest BCUT2D eigenvalue weighted by Crippen LogP contribution is -2.38. The van der Waals surface area contributed by atoms with E-state index in [0.717, 1.165) is 12.2 Å². The molecule has 24 heavy (non-hydrogen) atoms. The summed E-state index contributed by atoms with van der Waals surface area (Å²) in [6, 6.07) is 25.1. The largest absolute Gasteiger partial charge is 0.493 e. The highest BCUT2D eigenvalue weighted by Crippen LogP contribution is 2.28. The van der Waals surface area contributed by atoms with Gasteiger partial charge in [-0.15, -0.1) is 12.4 Å². The Morgan fingerprint density at radius 1 is 0.875 bits per heavy atom. The van der Waals surface area contributed by atoms with E-state index in [1.54, 1.807) is 0 Å². The van der Waals surface area contributed by atoms with Crippen molar-refractivity contribution in [2.75, 3.05) is 13.7 Å². The van der Waals surface area contributed by atoms with Crippen molar-refractivity contribution in [3.63, 3.8) is 0 Å². The predicted molar refractivity (Wildman–Crippen MR) is 104 cm³/mol. The molecule has 1 atom stereocenters. The molecule has 0 saturated heterocycles. The minimum atomic E-state index is -0.0914. The minimum Gasteiger partial charge on any atom is -0.493 e. The standard InChI is InChI=1S/C21H23NO.ClH/c1-21(22-2,18-11-4-3-5-12-18)15-16-23-20-14-8-10-17-9-6-7-13-19(17)20;/h3-14,22H,15-16H2,1-2H3;1H. The summed E-state index contributed by atoms with van der Waals surface area (Å²) in [4.78, 5) is 0. The monoisotopic (exact) mass is 341 g/mol. The molecule has 0 amide bonds. The molecule has 0 radical (unpaired) electrons. The number of halogens is 1. The summed E-state index contributed by atoms with van der Waals surface area (Å²) in [5.41, 5.74) is 1.19. The Kier molecular flexibility index (Phi) is 6.24. The Morgan fingerprint density at radius 3 is 2.29 bits per heavy atom. The summed E-state index contributed by atoms with van der Waals surface area (Å²) < 4.78 is 6.10. The van der Waals surface area contributed by atoms with Gasteiger partial charge in [0.15, 0.2) is 0 Å². The van der Waals surface area contributed by atoms with Crippen molar-refractivity contribution in [3.05, 3.63) is 78.4 Å². The zero-order chi connectivity index (χ0) is 16.1. The molecule has 1 N–H and O–H groups in total. The van der Waals surface area contributed by atoms with Gasteiger partial charge in [-0.3, -0.25) is 0 Å². The van der Waals surface area contributed by atoms with Crippen LogP contribution in [0.25, 0.3) is 10.8 Å². The molecule has 1 unspecified atom stereocenters. The van der Waals surface area contributed by atoms with Gasteiger partial charge in [-0.2, -0.15) is 0 Å². The van der Waals surface area contributed by atoms with E-state index < -0.39 is 0 Å². The average Bonchev–Trinajstić information content (AvgIpc) is 2.62. The van der Waals surface area contributed by atoms with Gasteiger partial charge < -0.3 is 10.1 Å². The van der Waals surface area contributed by atoms with Gasteiger partial charge in [-0.05, 0) is 31.0 Å². The van der Waals surface area contributed by atoms with Crippen LogP contribution < -0.4 is 10.1 Å². The van der Waals surface area contributed by atoms with Crippen molar-refractivity contribution in [1.82, 2.24) is 5.32 Å². The smallest absolute Gasteiger partial charge is 0.127 e. The molecule has 0 aliphatic rings. The molecular formula is C21H24ClNO. The average molecular weight is 342 g/mol. The molecule has 3 aromatic carbocycles. The van der Waals surface area contributed by atoms with Crippen LogP contribution >= 0.6 is 12.4 Å². The lowest BCUT2D eigenvalue weighted by molar-refractivity contribution is 0.248. The van der Waals surface area contributed by atoms with E-state index in [0.29, 0.717) is 6.61 Å². The third-order valence-electron chi connectivity index (χ3n) is 4.57. The van der Waals surface area contributed by atoms with E-state index >= 15 is 0 Å². The van der Waals surface area contributed by atoms with Gasteiger partial charge in [0.2, 0.25) is 0 Å². The number of fused-ring (bicyclic) bond motifs is 1. The number of hydrogen-bond donors (Lipinski definition) is 1. The highest BCUT2D eigenvalue weighted by atomic mass is 35.5. The normalized spacial score (nSPS) is 13.1. The fourth-order valence-electron chi connectivity index (χ4n) is 2.91. The maximum absolute atomic E-state index is 6.10. The van der Waals surface area contributed by atoms with Crippen LogP contribution in [0.15, 0.2) is 72.8 Å². The van der Waals surface area contributed by atoms with Gasteiger partial charge in [0, 0.05) is 17.3 Å². The summed E-state index contributed by atoms with van der Waals surface area (Å²) in [5, 5.41) is 5.82. The Morgan fingerprint density at radius 2 is 1.54 bits per heavy atom. The quantitative estimate of drug-likeness (QED) is 0.668. The number of ether oxygens (including phenoxy) is 1. The van der Waals surface area contributed by atoms with E-state index in [-0.39, 0.29) is 17.9 Å². The van der Waals surface area contributed by atoms with Crippen LogP contribution in [-0.4, -0.2) is 13.7 Å². The van der Waals surface area contributed by atoms with Crippen LogP contribution in [0, 0.1) is 0 Å². The Bertz CT molecular complexity index is 770. The van der Waals surface area contributed by atoms with Crippen LogP contribution in [0.2, 0.25) is 0 Å². The molecule has 0 heterocycles. The summed E-state index contributed by atoms with van der Waals surface area (Å²) in [6.07, 6.45) is 0.900. The number of nitrogens with one attached hydrogen (secondary N) is 1. The molecule has 0 spiro atoms. The van der Waals surface area contributed by atoms with Crippen LogP contribution in [0.4, 0.5) is 0 Å². The van der Waals surface area contributed by atoms with E-state index in [1.165, 1.54) is 16.3 Å². The third-order valence-corrected chi connectivity index (χ3v) is 4.57. The SMILES string of the molecule is CNC(C)(CCOc1cccc2ccccc12)c1ccccc1.Cl. The summed E-state index contributed by atoms with van der Waals surface area (Å²) in [6.45, 7) is 2.88. The molecule has 3 rings (SSSR count). The first-order valence-electron chi connectivity index (χ1n) is 8.08. The van der Waals surface area contributed by atoms with Gasteiger partial charge in [-0.1, -0.05) is 66.7 Å². The molecule has 0 fully saturated rings. The van der Waals surface area contributed by atoms with Crippen molar-refractivity contribution in [3.8, 4) is 5.75 Å². The highest BCUT2D eigenvalue weighted by Gasteiger charge is 2.24. The van der Waals surface area contributed by atoms with E-state index in [4.69, 9.17) is 4.74 Å². The second kappa shape index (κ2) is 8.18. The maximum Gasteiger partial charge on any atom is 0.127 e. The maximum atomic E-state index is 6.10. The first-order valence-corrected chi connectivity index (χ1v) is 8.08. The lowest BCUT2D eigenvalue weighted by Gasteiger charge is -2.30. The molecule has 0 aliphatic heterocycles. The van der Waals surface area contributed by atoms with Gasteiger partial charge in [0.05, 0.1) is 6.61 Å². The van der Waals surface area contributed by atoms with E-state index in [1.807, 2.05) is 25.2 Å². The second-order valence-corrected chi connectivity index (χ2v) is 6.02. The molecule has 2 nitrogen and oxygen atoms in total. The zero-order valence-electron chi connectivity index (χ0n) is 14.2. The third kappa shape index (κ3) is 3.89. The van der Waals surface area contributed by atoms with Crippen LogP contribution in [0.5, 0.6) is 5.75 Å². The predicted octanol–water partition coefficient (Wildman–Crippen LogP) is 5.17. The molecule has 0 aliphatic carbocycles. The topological polar surface area (TPSA) is 21.3 Å². The van der Waals surface area contributed by atoms with Crippen molar-refractivity contribution in [2.45, 2.75) is 18.9 Å². The molecule has 3 aromatic rings. The van der Waals surface area contributed by atoms with Crippen molar-refractivity contribution in [2.24, 2.45) is 0 Å². The van der Waals surface area contributed by atoms with E-state index in [2.05, 4.69) is 66.8 Å². The number of hydrogen-bond acceptors (Lipinski definition) is 2. The van der Waals surface area contributed by atoms with Crippen LogP contribution in [-0.2, 0) is 5.54 Å². The molecular weight excluding hydrogens is 318 g/mol. The number of rotatable bonds is 6. The number of benzene rings is 3. The molecule has 0 aromatic heterocycles. The lowest BCUT2D eigenvalue weighted by atomic mass is 9.89. The van der Waals surface area contributed by atoms with Crippen LogP contribution in [0.1, 0.15) is 18.9 Å². The minimum absolute atomic E-state index is 0. The molecule has 3 heteroatoms. The van der Waals surface area contributed by atoms with Gasteiger partial charge >= 0.3 is 0 Å². The van der Waals surface area contributed by atoms with Crippen molar-refractivity contribution in [1.29, 1.82) is 0 Å². The second-order valence-electron chi connectivity index (χ2n) is 6.02. The highest BCUT2D eigenvalue weighted by molar-refractivity contribution is 5.88. The molecule has 0 bridgehead atoms. The Labute approximate surface area is 150 Å². The van der Waals surface area contributed by atoms with Crippen molar-refractivity contribution >= 4 is 23.2 Å². The fourth-order valence-corrected chi connectivity index (χ4v) is 2.91. The first kappa shape index (κ1) is 18.3. The Balaban J connectivity index is 0.00000208. The first-order chi connectivity index (χ1) is 11.2.